The van der Waals surface area contributed by atoms with Crippen LogP contribution in [0.1, 0.15) is 27.0 Å². The van der Waals surface area contributed by atoms with Crippen molar-refractivity contribution in [2.24, 2.45) is 0 Å². The number of ether oxygens (including phenoxy) is 1. The molecule has 20 heavy (non-hydrogen) atoms. The molecule has 0 bridgehead atoms. The van der Waals surface area contributed by atoms with Crippen LogP contribution in [0.3, 0.4) is 0 Å². The van der Waals surface area contributed by atoms with Crippen molar-refractivity contribution in [2.75, 3.05) is 44.9 Å². The minimum Gasteiger partial charge on any atom is -0.397 e. The number of anilines is 2. The van der Waals surface area contributed by atoms with Gasteiger partial charge in [-0.05, 0) is 6.92 Å². The molecule has 0 radical (unpaired) electrons. The highest BCUT2D eigenvalue weighted by Crippen LogP contribution is 2.35. The molecule has 8 heteroatoms. The Morgan fingerprint density at radius 1 is 1.35 bits per heavy atom. The van der Waals surface area contributed by atoms with Gasteiger partial charge >= 0.3 is 0 Å². The molecule has 0 spiro atoms. The number of nitrogens with one attached hydrogen (secondary N) is 3. The van der Waals surface area contributed by atoms with E-state index in [-0.39, 0.29) is 17.5 Å². The van der Waals surface area contributed by atoms with Crippen LogP contribution in [0.15, 0.2) is 0 Å². The van der Waals surface area contributed by atoms with Crippen LogP contribution in [0.25, 0.3) is 0 Å². The van der Waals surface area contributed by atoms with Crippen molar-refractivity contribution in [2.45, 2.75) is 6.92 Å². The van der Waals surface area contributed by atoms with Crippen molar-refractivity contribution in [1.29, 1.82) is 0 Å². The first kappa shape index (κ1) is 16.3. The Kier molecular flexibility index (Phi) is 6.26. The number of nitrogens with two attached hydrogens (primary N) is 1. The molecule has 5 N–H and O–H groups in total. The quantitative estimate of drug-likeness (QED) is 0.549. The van der Waals surface area contributed by atoms with Gasteiger partial charge in [0.15, 0.2) is 0 Å². The van der Waals surface area contributed by atoms with Crippen molar-refractivity contribution < 1.29 is 14.3 Å². The van der Waals surface area contributed by atoms with Gasteiger partial charge in [-0.15, -0.1) is 11.3 Å². The van der Waals surface area contributed by atoms with E-state index < -0.39 is 0 Å². The lowest BCUT2D eigenvalue weighted by molar-refractivity contribution is 0.0959. The smallest absolute Gasteiger partial charge is 0.263 e. The predicted molar refractivity (Wildman–Crippen MR) is 80.5 cm³/mol. The molecule has 0 saturated heterocycles. The van der Waals surface area contributed by atoms with Gasteiger partial charge in [0.05, 0.1) is 17.9 Å². The van der Waals surface area contributed by atoms with Crippen LogP contribution in [-0.2, 0) is 4.74 Å². The Morgan fingerprint density at radius 2 is 2.05 bits per heavy atom. The van der Waals surface area contributed by atoms with E-state index in [2.05, 4.69) is 16.0 Å². The Hall–Kier alpha value is -1.80. The first-order valence-corrected chi connectivity index (χ1v) is 7.03. The van der Waals surface area contributed by atoms with Crippen LogP contribution < -0.4 is 21.7 Å². The highest BCUT2D eigenvalue weighted by Gasteiger charge is 2.24. The van der Waals surface area contributed by atoms with Gasteiger partial charge in [-0.25, -0.2) is 0 Å². The third-order valence-electron chi connectivity index (χ3n) is 2.53. The molecule has 112 valence electrons. The van der Waals surface area contributed by atoms with Gasteiger partial charge in [-0.3, -0.25) is 9.59 Å². The molecule has 0 aromatic carbocycles. The number of rotatable bonds is 7. The molecule has 1 rings (SSSR count). The number of amides is 2. The Balaban J connectivity index is 3.10. The third-order valence-corrected chi connectivity index (χ3v) is 3.70. The topological polar surface area (TPSA) is 105 Å². The zero-order chi connectivity index (χ0) is 15.1. The summed E-state index contributed by atoms with van der Waals surface area (Å²) in [6.45, 7) is 3.33. The number of methoxy groups -OCH3 is 1. The van der Waals surface area contributed by atoms with Gasteiger partial charge in [-0.2, -0.15) is 0 Å². The fraction of sp³-hybridized carbons (Fsp3) is 0.500. The molecular formula is C12H20N4O3S. The van der Waals surface area contributed by atoms with Crippen molar-refractivity contribution in [1.82, 2.24) is 10.6 Å². The SMILES string of the molecule is CCNC(=O)c1sc(NCCOC)c(C(=O)NC)c1N. The summed E-state index contributed by atoms with van der Waals surface area (Å²) in [6.07, 6.45) is 0. The molecule has 1 heterocycles. The van der Waals surface area contributed by atoms with E-state index in [1.807, 2.05) is 6.92 Å². The summed E-state index contributed by atoms with van der Waals surface area (Å²) in [7, 11) is 3.11. The number of nitrogen functional groups attached to an aromatic ring is 1. The maximum absolute atomic E-state index is 11.9. The zero-order valence-corrected chi connectivity index (χ0v) is 12.6. The van der Waals surface area contributed by atoms with Crippen molar-refractivity contribution in [3.8, 4) is 0 Å². The van der Waals surface area contributed by atoms with Gasteiger partial charge < -0.3 is 26.4 Å². The number of carbonyl (C=O) groups is 2. The van der Waals surface area contributed by atoms with E-state index in [0.717, 1.165) is 11.3 Å². The Bertz CT molecular complexity index is 487. The van der Waals surface area contributed by atoms with Crippen LogP contribution in [0.5, 0.6) is 0 Å². The van der Waals surface area contributed by atoms with Gasteiger partial charge in [0.1, 0.15) is 9.88 Å². The molecule has 0 unspecified atom stereocenters. The summed E-state index contributed by atoms with van der Waals surface area (Å²) in [4.78, 5) is 24.1. The van der Waals surface area contributed by atoms with Crippen LogP contribution in [0.2, 0.25) is 0 Å². The average molecular weight is 300 g/mol. The number of thiophene rings is 1. The van der Waals surface area contributed by atoms with Gasteiger partial charge in [-0.1, -0.05) is 0 Å². The van der Waals surface area contributed by atoms with Gasteiger partial charge in [0.2, 0.25) is 0 Å². The van der Waals surface area contributed by atoms with Crippen molar-refractivity contribution in [3.63, 3.8) is 0 Å². The zero-order valence-electron chi connectivity index (χ0n) is 11.8. The van der Waals surface area contributed by atoms with E-state index in [1.54, 1.807) is 7.11 Å². The number of hydrogen-bond acceptors (Lipinski definition) is 6. The standard InChI is InChI=1S/C12H20N4O3S/c1-4-15-11(18)9-8(13)7(10(17)14-2)12(20-9)16-5-6-19-3/h16H,4-6,13H2,1-3H3,(H,14,17)(H,15,18). The van der Waals surface area contributed by atoms with Gasteiger partial charge in [0.25, 0.3) is 11.8 Å². The van der Waals surface area contributed by atoms with E-state index in [4.69, 9.17) is 10.5 Å². The monoisotopic (exact) mass is 300 g/mol. The predicted octanol–water partition coefficient (Wildman–Crippen LogP) is 0.498. The summed E-state index contributed by atoms with van der Waals surface area (Å²) in [6, 6.07) is 0. The maximum Gasteiger partial charge on any atom is 0.263 e. The third kappa shape index (κ3) is 3.61. The molecule has 2 amide bonds. The fourth-order valence-corrected chi connectivity index (χ4v) is 2.65. The highest BCUT2D eigenvalue weighted by molar-refractivity contribution is 7.19. The van der Waals surface area contributed by atoms with Crippen LogP contribution in [0.4, 0.5) is 10.7 Å². The lowest BCUT2D eigenvalue weighted by Crippen LogP contribution is -2.24. The summed E-state index contributed by atoms with van der Waals surface area (Å²) in [5.74, 6) is -0.603. The van der Waals surface area contributed by atoms with Crippen LogP contribution in [0, 0.1) is 0 Å². The summed E-state index contributed by atoms with van der Waals surface area (Å²) in [5, 5.41) is 8.83. The molecular weight excluding hydrogens is 280 g/mol. The van der Waals surface area contributed by atoms with Crippen molar-refractivity contribution >= 4 is 33.8 Å². The van der Waals surface area contributed by atoms with Crippen molar-refractivity contribution in [3.05, 3.63) is 10.4 Å². The number of carbonyl (C=O) groups excluding carboxylic acids is 2. The van der Waals surface area contributed by atoms with E-state index in [1.165, 1.54) is 7.05 Å². The first-order valence-electron chi connectivity index (χ1n) is 6.22. The maximum atomic E-state index is 11.9. The lowest BCUT2D eigenvalue weighted by Gasteiger charge is -2.06. The molecule has 7 nitrogen and oxygen atoms in total. The second-order valence-corrected chi connectivity index (χ2v) is 4.93. The molecule has 0 aliphatic rings. The lowest BCUT2D eigenvalue weighted by atomic mass is 10.2. The molecule has 0 atom stereocenters. The Morgan fingerprint density at radius 3 is 2.60 bits per heavy atom. The van der Waals surface area contributed by atoms with Gasteiger partial charge in [0, 0.05) is 27.2 Å². The molecule has 1 aromatic rings. The number of hydrogen-bond donors (Lipinski definition) is 4. The molecule has 0 saturated carbocycles. The average Bonchev–Trinajstić information content (AvgIpc) is 2.75. The fourth-order valence-electron chi connectivity index (χ4n) is 1.59. The normalized spacial score (nSPS) is 10.2. The first-order chi connectivity index (χ1) is 9.56. The largest absolute Gasteiger partial charge is 0.397 e. The minimum absolute atomic E-state index is 0.195. The van der Waals surface area contributed by atoms with Crippen LogP contribution in [-0.4, -0.2) is 45.7 Å². The summed E-state index contributed by atoms with van der Waals surface area (Å²) >= 11 is 1.16. The molecule has 0 fully saturated rings. The highest BCUT2D eigenvalue weighted by atomic mass is 32.1. The van der Waals surface area contributed by atoms with E-state index in [9.17, 15) is 9.59 Å². The molecule has 0 aliphatic carbocycles. The summed E-state index contributed by atoms with van der Waals surface area (Å²) < 4.78 is 4.94. The molecule has 0 aliphatic heterocycles. The second-order valence-electron chi connectivity index (χ2n) is 3.91. The van der Waals surface area contributed by atoms with Crippen LogP contribution >= 0.6 is 11.3 Å². The van der Waals surface area contributed by atoms with E-state index >= 15 is 0 Å². The second kappa shape index (κ2) is 7.71. The minimum atomic E-state index is -0.325. The summed E-state index contributed by atoms with van der Waals surface area (Å²) in [5.41, 5.74) is 6.43. The van der Waals surface area contributed by atoms with E-state index in [0.29, 0.717) is 35.1 Å². The Labute approximate surface area is 121 Å². The molecule has 1 aromatic heterocycles.